The van der Waals surface area contributed by atoms with E-state index in [9.17, 15) is 0 Å². The molecule has 2 nitrogen and oxygen atoms in total. The predicted molar refractivity (Wildman–Crippen MR) is 66.9 cm³/mol. The molecule has 1 aromatic rings. The summed E-state index contributed by atoms with van der Waals surface area (Å²) in [4.78, 5) is 0. The Labute approximate surface area is 95.9 Å². The summed E-state index contributed by atoms with van der Waals surface area (Å²) in [5, 5.41) is 8.87. The fraction of sp³-hybridized carbons (Fsp3) is 0.500. The molecule has 3 N–H and O–H groups in total. The maximum Gasteiger partial charge on any atom is 0.0464 e. The number of benzene rings is 1. The van der Waals surface area contributed by atoms with E-state index < -0.39 is 0 Å². The Morgan fingerprint density at radius 3 is 2.53 bits per heavy atom. The molecule has 0 aliphatic heterocycles. The van der Waals surface area contributed by atoms with Crippen LogP contribution in [0.2, 0.25) is 0 Å². The normalized spacial score (nSPS) is 14.9. The lowest BCUT2D eigenvalue weighted by Gasteiger charge is -2.13. The van der Waals surface area contributed by atoms with Crippen molar-refractivity contribution in [2.75, 3.05) is 18.1 Å². The van der Waals surface area contributed by atoms with E-state index in [2.05, 4.69) is 12.1 Å². The molecule has 0 saturated heterocycles. The number of rotatable bonds is 6. The van der Waals surface area contributed by atoms with Crippen molar-refractivity contribution in [2.24, 2.45) is 11.7 Å². The third-order valence-corrected chi connectivity index (χ3v) is 3.64. The lowest BCUT2D eigenvalue weighted by Crippen LogP contribution is -2.14. The first kappa shape index (κ1) is 12.6. The SMILES string of the molecule is CC(CO)CSCC(N)c1ccccc1. The van der Waals surface area contributed by atoms with Crippen molar-refractivity contribution in [2.45, 2.75) is 13.0 Å². The van der Waals surface area contributed by atoms with Crippen LogP contribution in [0.4, 0.5) is 0 Å². The maximum absolute atomic E-state index is 8.87. The molecule has 0 amide bonds. The highest BCUT2D eigenvalue weighted by atomic mass is 32.2. The van der Waals surface area contributed by atoms with Gasteiger partial charge in [-0.15, -0.1) is 0 Å². The first-order valence-electron chi connectivity index (χ1n) is 5.23. The van der Waals surface area contributed by atoms with Crippen molar-refractivity contribution in [3.8, 4) is 0 Å². The highest BCUT2D eigenvalue weighted by molar-refractivity contribution is 7.99. The van der Waals surface area contributed by atoms with Gasteiger partial charge in [0.25, 0.3) is 0 Å². The molecule has 0 saturated carbocycles. The zero-order valence-corrected chi connectivity index (χ0v) is 9.91. The van der Waals surface area contributed by atoms with Crippen LogP contribution in [0.1, 0.15) is 18.5 Å². The fourth-order valence-corrected chi connectivity index (χ4v) is 2.34. The van der Waals surface area contributed by atoms with E-state index in [-0.39, 0.29) is 12.6 Å². The van der Waals surface area contributed by atoms with Crippen LogP contribution in [0, 0.1) is 5.92 Å². The highest BCUT2D eigenvalue weighted by Gasteiger charge is 2.06. The monoisotopic (exact) mass is 225 g/mol. The molecule has 0 aliphatic carbocycles. The number of nitrogens with two attached hydrogens (primary N) is 1. The third kappa shape index (κ3) is 4.69. The molecule has 0 radical (unpaired) electrons. The van der Waals surface area contributed by atoms with E-state index in [0.29, 0.717) is 5.92 Å². The van der Waals surface area contributed by atoms with Gasteiger partial charge in [-0.25, -0.2) is 0 Å². The average Bonchev–Trinajstić information content (AvgIpc) is 2.29. The molecule has 15 heavy (non-hydrogen) atoms. The molecular formula is C12H19NOS. The van der Waals surface area contributed by atoms with Crippen molar-refractivity contribution in [1.82, 2.24) is 0 Å². The van der Waals surface area contributed by atoms with Crippen molar-refractivity contribution >= 4 is 11.8 Å². The van der Waals surface area contributed by atoms with Gasteiger partial charge in [-0.2, -0.15) is 11.8 Å². The summed E-state index contributed by atoms with van der Waals surface area (Å²) in [5.74, 6) is 2.24. The average molecular weight is 225 g/mol. The van der Waals surface area contributed by atoms with Crippen LogP contribution >= 0.6 is 11.8 Å². The van der Waals surface area contributed by atoms with Gasteiger partial charge in [-0.05, 0) is 17.2 Å². The molecule has 1 rings (SSSR count). The number of aliphatic hydroxyl groups is 1. The Balaban J connectivity index is 2.28. The summed E-state index contributed by atoms with van der Waals surface area (Å²) in [6, 6.07) is 10.2. The molecule has 0 aliphatic rings. The molecular weight excluding hydrogens is 206 g/mol. The van der Waals surface area contributed by atoms with Crippen molar-refractivity contribution in [3.05, 3.63) is 35.9 Å². The van der Waals surface area contributed by atoms with Gasteiger partial charge in [0.2, 0.25) is 0 Å². The molecule has 0 aromatic heterocycles. The Hall–Kier alpha value is -0.510. The molecule has 84 valence electrons. The van der Waals surface area contributed by atoms with Gasteiger partial charge in [0.1, 0.15) is 0 Å². The van der Waals surface area contributed by atoms with E-state index in [1.807, 2.05) is 25.1 Å². The van der Waals surface area contributed by atoms with E-state index >= 15 is 0 Å². The van der Waals surface area contributed by atoms with Gasteiger partial charge in [-0.1, -0.05) is 37.3 Å². The highest BCUT2D eigenvalue weighted by Crippen LogP contribution is 2.17. The van der Waals surface area contributed by atoms with Crippen LogP contribution in [-0.4, -0.2) is 23.2 Å². The first-order chi connectivity index (χ1) is 7.24. The first-order valence-corrected chi connectivity index (χ1v) is 6.38. The summed E-state index contributed by atoms with van der Waals surface area (Å²) in [7, 11) is 0. The molecule has 0 fully saturated rings. The number of hydrogen-bond acceptors (Lipinski definition) is 3. The van der Waals surface area contributed by atoms with Crippen LogP contribution in [0.3, 0.4) is 0 Å². The Morgan fingerprint density at radius 1 is 1.27 bits per heavy atom. The number of hydrogen-bond donors (Lipinski definition) is 2. The Morgan fingerprint density at radius 2 is 1.93 bits per heavy atom. The smallest absolute Gasteiger partial charge is 0.0464 e. The summed E-state index contributed by atoms with van der Waals surface area (Å²) < 4.78 is 0. The third-order valence-electron chi connectivity index (χ3n) is 2.24. The molecule has 1 aromatic carbocycles. The van der Waals surface area contributed by atoms with Gasteiger partial charge < -0.3 is 10.8 Å². The van der Waals surface area contributed by atoms with Gasteiger partial charge in [0.05, 0.1) is 0 Å². The summed E-state index contributed by atoms with van der Waals surface area (Å²) in [6.45, 7) is 2.30. The van der Waals surface area contributed by atoms with E-state index in [4.69, 9.17) is 10.8 Å². The number of thioether (sulfide) groups is 1. The Kier molecular flexibility index (Phi) is 5.76. The summed E-state index contributed by atoms with van der Waals surface area (Å²) >= 11 is 1.80. The molecule has 0 bridgehead atoms. The largest absolute Gasteiger partial charge is 0.396 e. The fourth-order valence-electron chi connectivity index (χ4n) is 1.25. The van der Waals surface area contributed by atoms with Crippen LogP contribution < -0.4 is 5.73 Å². The second kappa shape index (κ2) is 6.88. The zero-order valence-electron chi connectivity index (χ0n) is 9.10. The minimum atomic E-state index is 0.0992. The minimum absolute atomic E-state index is 0.0992. The molecule has 0 spiro atoms. The number of aliphatic hydroxyl groups excluding tert-OH is 1. The van der Waals surface area contributed by atoms with Gasteiger partial charge in [0, 0.05) is 18.4 Å². The molecule has 2 unspecified atom stereocenters. The molecule has 2 atom stereocenters. The maximum atomic E-state index is 8.87. The van der Waals surface area contributed by atoms with Crippen LogP contribution in [0.15, 0.2) is 30.3 Å². The van der Waals surface area contributed by atoms with Gasteiger partial charge in [0.15, 0.2) is 0 Å². The lowest BCUT2D eigenvalue weighted by atomic mass is 10.1. The lowest BCUT2D eigenvalue weighted by molar-refractivity contribution is 0.250. The van der Waals surface area contributed by atoms with Gasteiger partial charge in [-0.3, -0.25) is 0 Å². The minimum Gasteiger partial charge on any atom is -0.396 e. The van der Waals surface area contributed by atoms with E-state index in [1.165, 1.54) is 5.56 Å². The Bertz CT molecular complexity index is 266. The van der Waals surface area contributed by atoms with Gasteiger partial charge >= 0.3 is 0 Å². The summed E-state index contributed by atoms with van der Waals surface area (Å²) in [6.07, 6.45) is 0. The second-order valence-electron chi connectivity index (χ2n) is 3.84. The summed E-state index contributed by atoms with van der Waals surface area (Å²) in [5.41, 5.74) is 7.22. The predicted octanol–water partition coefficient (Wildman–Crippen LogP) is 2.05. The van der Waals surface area contributed by atoms with Crippen molar-refractivity contribution < 1.29 is 5.11 Å². The standard InChI is InChI=1S/C12H19NOS/c1-10(7-14)8-15-9-12(13)11-5-3-2-4-6-11/h2-6,10,12,14H,7-9,13H2,1H3. The van der Waals surface area contributed by atoms with Crippen LogP contribution in [-0.2, 0) is 0 Å². The van der Waals surface area contributed by atoms with Crippen LogP contribution in [0.5, 0.6) is 0 Å². The quantitative estimate of drug-likeness (QED) is 0.779. The topological polar surface area (TPSA) is 46.2 Å². The zero-order chi connectivity index (χ0) is 11.1. The van der Waals surface area contributed by atoms with E-state index in [1.54, 1.807) is 11.8 Å². The van der Waals surface area contributed by atoms with Crippen molar-refractivity contribution in [1.29, 1.82) is 0 Å². The van der Waals surface area contributed by atoms with E-state index in [0.717, 1.165) is 11.5 Å². The van der Waals surface area contributed by atoms with Crippen molar-refractivity contribution in [3.63, 3.8) is 0 Å². The molecule has 3 heteroatoms. The van der Waals surface area contributed by atoms with Crippen LogP contribution in [0.25, 0.3) is 0 Å². The molecule has 0 heterocycles. The second-order valence-corrected chi connectivity index (χ2v) is 4.92.